The largest absolute Gasteiger partial charge is 0.302 e. The molecule has 0 saturated heterocycles. The van der Waals surface area contributed by atoms with Crippen molar-refractivity contribution in [3.8, 4) is 0 Å². The molecule has 61 valence electrons. The van der Waals surface area contributed by atoms with Crippen LogP contribution in [0, 0.1) is 11.6 Å². The van der Waals surface area contributed by atoms with Crippen LogP contribution in [-0.2, 0) is 11.1 Å². The fraction of sp³-hybridized carbons (Fsp3) is 0. The molecule has 0 bridgehead atoms. The van der Waals surface area contributed by atoms with Crippen molar-refractivity contribution < 1.29 is 17.5 Å². The first-order chi connectivity index (χ1) is 5.11. The van der Waals surface area contributed by atoms with Gasteiger partial charge in [-0.05, 0) is 18.2 Å². The first kappa shape index (κ1) is 12.2. The third kappa shape index (κ3) is 2.91. The van der Waals surface area contributed by atoms with Crippen molar-refractivity contribution >= 4 is 40.6 Å². The maximum absolute atomic E-state index is 12.3. The van der Waals surface area contributed by atoms with Crippen molar-refractivity contribution in [2.24, 2.45) is 0 Å². The third-order valence-electron chi connectivity index (χ3n) is 1.09. The summed E-state index contributed by atoms with van der Waals surface area (Å²) >= 11 is -2.25. The van der Waals surface area contributed by atoms with Gasteiger partial charge >= 0.3 is 0 Å². The van der Waals surface area contributed by atoms with Gasteiger partial charge in [0.2, 0.25) is 0 Å². The Morgan fingerprint density at radius 1 is 1.25 bits per heavy atom. The number of halogens is 2. The molecular weight excluding hydrogens is 197 g/mol. The van der Waals surface area contributed by atoms with Crippen LogP contribution in [0.15, 0.2) is 23.1 Å². The zero-order valence-electron chi connectivity index (χ0n) is 6.25. The second kappa shape index (κ2) is 5.04. The van der Waals surface area contributed by atoms with Crippen molar-refractivity contribution in [3.63, 3.8) is 0 Å². The summed E-state index contributed by atoms with van der Waals surface area (Å²) in [4.78, 5) is -0.149. The van der Waals surface area contributed by atoms with E-state index in [0.29, 0.717) is 6.07 Å². The summed E-state index contributed by atoms with van der Waals surface area (Å²) in [6.07, 6.45) is 0. The van der Waals surface area contributed by atoms with Crippen LogP contribution < -0.4 is 0 Å². The Hall–Kier alpha value is 0.190. The second-order valence-electron chi connectivity index (χ2n) is 1.83. The van der Waals surface area contributed by atoms with Gasteiger partial charge in [0.15, 0.2) is 22.7 Å². The van der Waals surface area contributed by atoms with Crippen molar-refractivity contribution in [2.45, 2.75) is 4.90 Å². The van der Waals surface area contributed by atoms with E-state index in [1.807, 2.05) is 0 Å². The molecule has 1 unspecified atom stereocenters. The Labute approximate surface area is 92.6 Å². The molecule has 0 aromatic heterocycles. The maximum atomic E-state index is 12.3. The summed E-state index contributed by atoms with van der Waals surface area (Å²) in [5.74, 6) is -2.15. The van der Waals surface area contributed by atoms with Crippen molar-refractivity contribution in [2.75, 3.05) is 0 Å². The van der Waals surface area contributed by atoms with Gasteiger partial charge in [-0.2, -0.15) is 0 Å². The molecule has 0 fully saturated rings. The summed E-state index contributed by atoms with van der Waals surface area (Å²) in [5.41, 5.74) is 0. The molecule has 0 heterocycles. The van der Waals surface area contributed by atoms with Gasteiger partial charge < -0.3 is 4.55 Å². The molecule has 1 N–H and O–H groups in total. The first-order valence-electron chi connectivity index (χ1n) is 2.67. The zero-order chi connectivity index (χ0) is 8.43. The minimum absolute atomic E-state index is 0. The van der Waals surface area contributed by atoms with E-state index in [2.05, 4.69) is 0 Å². The van der Waals surface area contributed by atoms with E-state index < -0.39 is 22.7 Å². The van der Waals surface area contributed by atoms with Crippen molar-refractivity contribution in [1.29, 1.82) is 0 Å². The summed E-state index contributed by atoms with van der Waals surface area (Å²) in [6.45, 7) is 0. The Morgan fingerprint density at radius 3 is 2.25 bits per heavy atom. The Balaban J connectivity index is 0.00000121. The van der Waals surface area contributed by atoms with Crippen LogP contribution in [-0.4, -0.2) is 38.3 Å². The SMILES string of the molecule is O=S(O)c1ccc(F)c(F)c1.[Na]. The van der Waals surface area contributed by atoms with Crippen LogP contribution >= 0.6 is 0 Å². The van der Waals surface area contributed by atoms with E-state index in [4.69, 9.17) is 4.55 Å². The van der Waals surface area contributed by atoms with Gasteiger partial charge in [0.25, 0.3) is 0 Å². The molecule has 0 saturated carbocycles. The minimum Gasteiger partial charge on any atom is -0.302 e. The quantitative estimate of drug-likeness (QED) is 0.547. The number of hydrogen-bond donors (Lipinski definition) is 1. The van der Waals surface area contributed by atoms with Gasteiger partial charge in [0.05, 0.1) is 4.90 Å². The predicted molar refractivity (Wildman–Crippen MR) is 41.1 cm³/mol. The summed E-state index contributed by atoms with van der Waals surface area (Å²) in [5, 5.41) is 0. The van der Waals surface area contributed by atoms with E-state index in [-0.39, 0.29) is 34.5 Å². The van der Waals surface area contributed by atoms with E-state index in [9.17, 15) is 13.0 Å². The standard InChI is InChI=1S/C6H4F2O2S.Na/c7-5-2-1-4(11(9)10)3-6(5)8;/h1-3H,(H,9,10);. The minimum atomic E-state index is -2.25. The first-order valence-corrected chi connectivity index (χ1v) is 3.78. The van der Waals surface area contributed by atoms with E-state index in [0.717, 1.165) is 12.1 Å². The second-order valence-corrected chi connectivity index (χ2v) is 2.79. The average Bonchev–Trinajstić information content (AvgIpc) is 1.94. The normalized spacial score (nSPS) is 11.9. The molecule has 1 rings (SSSR count). The molecule has 0 aliphatic rings. The van der Waals surface area contributed by atoms with Gasteiger partial charge in [0.1, 0.15) is 0 Å². The van der Waals surface area contributed by atoms with E-state index in [1.165, 1.54) is 0 Å². The number of hydrogen-bond acceptors (Lipinski definition) is 1. The van der Waals surface area contributed by atoms with Crippen LogP contribution in [0.5, 0.6) is 0 Å². The molecule has 0 aliphatic carbocycles. The smallest absolute Gasteiger partial charge is 0.186 e. The molecule has 1 aromatic rings. The van der Waals surface area contributed by atoms with Crippen molar-refractivity contribution in [3.05, 3.63) is 29.8 Å². The Kier molecular flexibility index (Phi) is 5.12. The molecule has 1 radical (unpaired) electrons. The summed E-state index contributed by atoms with van der Waals surface area (Å²) < 4.78 is 43.2. The fourth-order valence-electron chi connectivity index (χ4n) is 0.585. The Bertz CT molecular complexity index is 306. The van der Waals surface area contributed by atoms with E-state index in [1.54, 1.807) is 0 Å². The fourth-order valence-corrected chi connectivity index (χ4v) is 0.974. The molecule has 0 spiro atoms. The van der Waals surface area contributed by atoms with Crippen molar-refractivity contribution in [1.82, 2.24) is 0 Å². The molecule has 0 aliphatic heterocycles. The molecule has 1 atom stereocenters. The molecule has 12 heavy (non-hydrogen) atoms. The van der Waals surface area contributed by atoms with Crippen LogP contribution in [0.1, 0.15) is 0 Å². The zero-order valence-corrected chi connectivity index (χ0v) is 9.07. The summed E-state index contributed by atoms with van der Waals surface area (Å²) in [6, 6.07) is 2.54. The summed E-state index contributed by atoms with van der Waals surface area (Å²) in [7, 11) is 0. The molecule has 6 heteroatoms. The van der Waals surface area contributed by atoms with Gasteiger partial charge in [0, 0.05) is 29.6 Å². The topological polar surface area (TPSA) is 37.3 Å². The maximum Gasteiger partial charge on any atom is 0.186 e. The molecule has 2 nitrogen and oxygen atoms in total. The van der Waals surface area contributed by atoms with Crippen LogP contribution in [0.3, 0.4) is 0 Å². The predicted octanol–water partition coefficient (Wildman–Crippen LogP) is 1.16. The van der Waals surface area contributed by atoms with Crippen LogP contribution in [0.25, 0.3) is 0 Å². The van der Waals surface area contributed by atoms with Gasteiger partial charge in [-0.1, -0.05) is 0 Å². The molecule has 1 aromatic carbocycles. The monoisotopic (exact) mass is 201 g/mol. The van der Waals surface area contributed by atoms with Crippen LogP contribution in [0.4, 0.5) is 8.78 Å². The number of rotatable bonds is 1. The average molecular weight is 201 g/mol. The molecule has 0 amide bonds. The van der Waals surface area contributed by atoms with Crippen LogP contribution in [0.2, 0.25) is 0 Å². The van der Waals surface area contributed by atoms with Gasteiger partial charge in [-0.15, -0.1) is 0 Å². The number of benzene rings is 1. The van der Waals surface area contributed by atoms with Gasteiger partial charge in [-0.25, -0.2) is 13.0 Å². The molecular formula is C6H4F2NaO2S. The van der Waals surface area contributed by atoms with E-state index >= 15 is 0 Å². The Morgan fingerprint density at radius 2 is 1.83 bits per heavy atom. The van der Waals surface area contributed by atoms with Gasteiger partial charge in [-0.3, -0.25) is 0 Å². The third-order valence-corrected chi connectivity index (χ3v) is 1.75.